The van der Waals surface area contributed by atoms with E-state index in [0.29, 0.717) is 5.52 Å². The van der Waals surface area contributed by atoms with Gasteiger partial charge in [0.25, 0.3) is 0 Å². The molecule has 1 saturated heterocycles. The molecule has 0 aliphatic carbocycles. The van der Waals surface area contributed by atoms with Gasteiger partial charge in [-0.05, 0) is 45.0 Å². The van der Waals surface area contributed by atoms with Crippen LogP contribution in [0, 0.1) is 5.82 Å². The van der Waals surface area contributed by atoms with Crippen LogP contribution in [0.4, 0.5) is 4.39 Å². The van der Waals surface area contributed by atoms with Crippen molar-refractivity contribution in [3.8, 4) is 0 Å². The molecule has 0 saturated carbocycles. The minimum Gasteiger partial charge on any atom is -0.325 e. The van der Waals surface area contributed by atoms with E-state index in [4.69, 9.17) is 5.73 Å². The first-order valence-corrected chi connectivity index (χ1v) is 7.79. The lowest BCUT2D eigenvalue weighted by atomic mass is 10.1. The van der Waals surface area contributed by atoms with Crippen LogP contribution in [0.2, 0.25) is 0 Å². The van der Waals surface area contributed by atoms with Crippen LogP contribution < -0.4 is 5.73 Å². The number of nitrogens with zero attached hydrogens (tertiary/aromatic N) is 3. The fourth-order valence-electron chi connectivity index (χ4n) is 3.13. The maximum absolute atomic E-state index is 13.4. The highest BCUT2D eigenvalue weighted by atomic mass is 19.1. The van der Waals surface area contributed by atoms with Crippen molar-refractivity contribution in [2.24, 2.45) is 5.73 Å². The van der Waals surface area contributed by atoms with Gasteiger partial charge in [-0.2, -0.15) is 0 Å². The van der Waals surface area contributed by atoms with E-state index in [9.17, 15) is 4.39 Å². The number of likely N-dealkylation sites (tertiary alicyclic amines) is 1. The van der Waals surface area contributed by atoms with Crippen LogP contribution in [0.15, 0.2) is 18.2 Å². The minimum atomic E-state index is -0.251. The summed E-state index contributed by atoms with van der Waals surface area (Å²) in [6, 6.07) is 4.63. The summed E-state index contributed by atoms with van der Waals surface area (Å²) in [6.45, 7) is 6.14. The summed E-state index contributed by atoms with van der Waals surface area (Å²) >= 11 is 0. The fraction of sp³-hybridized carbons (Fsp3) is 0.562. The Hall–Kier alpha value is -1.46. The van der Waals surface area contributed by atoms with Gasteiger partial charge in [0.1, 0.15) is 11.6 Å². The molecule has 1 aliphatic rings. The van der Waals surface area contributed by atoms with Gasteiger partial charge in [-0.1, -0.05) is 6.42 Å². The lowest BCUT2D eigenvalue weighted by molar-refractivity contribution is 0.220. The molecule has 21 heavy (non-hydrogen) atoms. The Morgan fingerprint density at radius 1 is 1.24 bits per heavy atom. The van der Waals surface area contributed by atoms with E-state index in [0.717, 1.165) is 24.4 Å². The smallest absolute Gasteiger partial charge is 0.126 e. The quantitative estimate of drug-likeness (QED) is 0.941. The summed E-state index contributed by atoms with van der Waals surface area (Å²) in [5, 5.41) is 0. The van der Waals surface area contributed by atoms with E-state index in [1.54, 1.807) is 6.07 Å². The number of hydrogen-bond acceptors (Lipinski definition) is 3. The summed E-state index contributed by atoms with van der Waals surface area (Å²) in [5.41, 5.74) is 7.70. The zero-order chi connectivity index (χ0) is 14.8. The highest BCUT2D eigenvalue weighted by molar-refractivity contribution is 5.76. The number of halogens is 1. The van der Waals surface area contributed by atoms with E-state index >= 15 is 0 Å². The van der Waals surface area contributed by atoms with Crippen molar-refractivity contribution in [2.75, 3.05) is 19.6 Å². The molecule has 2 N–H and O–H groups in total. The van der Waals surface area contributed by atoms with Crippen LogP contribution in [0.3, 0.4) is 0 Å². The van der Waals surface area contributed by atoms with Crippen molar-refractivity contribution in [1.29, 1.82) is 0 Å². The zero-order valence-corrected chi connectivity index (χ0v) is 12.6. The first kappa shape index (κ1) is 14.5. The molecule has 0 spiro atoms. The SMILES string of the molecule is CC(N)c1nc2cc(F)ccc2n1CCN1CCCCC1. The van der Waals surface area contributed by atoms with Gasteiger partial charge in [0.05, 0.1) is 17.1 Å². The van der Waals surface area contributed by atoms with Gasteiger partial charge in [-0.25, -0.2) is 9.37 Å². The van der Waals surface area contributed by atoms with Gasteiger partial charge in [0, 0.05) is 19.2 Å². The second-order valence-corrected chi connectivity index (χ2v) is 5.95. The van der Waals surface area contributed by atoms with Crippen molar-refractivity contribution in [2.45, 2.75) is 38.8 Å². The number of benzene rings is 1. The standard InChI is InChI=1S/C16H23FN4/c1-12(18)16-19-14-11-13(17)5-6-15(14)21(16)10-9-20-7-3-2-4-8-20/h5-6,11-12H,2-4,7-10,18H2,1H3. The van der Waals surface area contributed by atoms with Crippen molar-refractivity contribution in [1.82, 2.24) is 14.5 Å². The molecule has 1 aliphatic heterocycles. The molecule has 0 radical (unpaired) electrons. The van der Waals surface area contributed by atoms with Crippen molar-refractivity contribution < 1.29 is 4.39 Å². The lowest BCUT2D eigenvalue weighted by Crippen LogP contribution is -2.33. The molecule has 4 nitrogen and oxygen atoms in total. The molecule has 1 aromatic carbocycles. The van der Waals surface area contributed by atoms with Crippen LogP contribution in [-0.2, 0) is 6.54 Å². The molecule has 1 atom stereocenters. The lowest BCUT2D eigenvalue weighted by Gasteiger charge is -2.27. The highest BCUT2D eigenvalue weighted by Crippen LogP contribution is 2.21. The predicted octanol–water partition coefficient (Wildman–Crippen LogP) is 2.68. The van der Waals surface area contributed by atoms with Gasteiger partial charge >= 0.3 is 0 Å². The topological polar surface area (TPSA) is 47.1 Å². The molecule has 1 fully saturated rings. The van der Waals surface area contributed by atoms with E-state index in [2.05, 4.69) is 14.5 Å². The van der Waals surface area contributed by atoms with E-state index in [-0.39, 0.29) is 11.9 Å². The first-order chi connectivity index (χ1) is 10.1. The number of nitrogens with two attached hydrogens (primary N) is 1. The van der Waals surface area contributed by atoms with Crippen molar-refractivity contribution >= 4 is 11.0 Å². The number of fused-ring (bicyclic) bond motifs is 1. The van der Waals surface area contributed by atoms with Crippen LogP contribution in [-0.4, -0.2) is 34.1 Å². The second kappa shape index (κ2) is 6.12. The average molecular weight is 290 g/mol. The number of piperidine rings is 1. The van der Waals surface area contributed by atoms with Gasteiger partial charge in [0.2, 0.25) is 0 Å². The van der Waals surface area contributed by atoms with E-state index in [1.807, 2.05) is 6.92 Å². The fourth-order valence-corrected chi connectivity index (χ4v) is 3.13. The van der Waals surface area contributed by atoms with Gasteiger partial charge < -0.3 is 15.2 Å². The summed E-state index contributed by atoms with van der Waals surface area (Å²) in [7, 11) is 0. The number of aromatic nitrogens is 2. The van der Waals surface area contributed by atoms with E-state index < -0.39 is 0 Å². The Morgan fingerprint density at radius 2 is 2.00 bits per heavy atom. The molecule has 2 aromatic rings. The molecular formula is C16H23FN4. The van der Waals surface area contributed by atoms with Crippen molar-refractivity contribution in [3.63, 3.8) is 0 Å². The average Bonchev–Trinajstić information content (AvgIpc) is 2.84. The summed E-state index contributed by atoms with van der Waals surface area (Å²) in [6.07, 6.45) is 3.92. The number of imidazole rings is 1. The Bertz CT molecular complexity index is 614. The summed E-state index contributed by atoms with van der Waals surface area (Å²) < 4.78 is 15.5. The molecular weight excluding hydrogens is 267 g/mol. The Balaban J connectivity index is 1.86. The van der Waals surface area contributed by atoms with Crippen molar-refractivity contribution in [3.05, 3.63) is 29.8 Å². The third-order valence-electron chi connectivity index (χ3n) is 4.24. The monoisotopic (exact) mass is 290 g/mol. The molecule has 1 aromatic heterocycles. The predicted molar refractivity (Wildman–Crippen MR) is 82.6 cm³/mol. The Labute approximate surface area is 124 Å². The largest absolute Gasteiger partial charge is 0.325 e. The maximum Gasteiger partial charge on any atom is 0.126 e. The maximum atomic E-state index is 13.4. The van der Waals surface area contributed by atoms with Crippen LogP contribution in [0.5, 0.6) is 0 Å². The van der Waals surface area contributed by atoms with Crippen LogP contribution >= 0.6 is 0 Å². The molecule has 1 unspecified atom stereocenters. The zero-order valence-electron chi connectivity index (χ0n) is 12.6. The summed E-state index contributed by atoms with van der Waals surface area (Å²) in [4.78, 5) is 7.01. The molecule has 2 heterocycles. The van der Waals surface area contributed by atoms with Gasteiger partial charge in [-0.15, -0.1) is 0 Å². The molecule has 0 bridgehead atoms. The van der Waals surface area contributed by atoms with Gasteiger partial charge in [0.15, 0.2) is 0 Å². The Morgan fingerprint density at radius 3 is 2.71 bits per heavy atom. The van der Waals surface area contributed by atoms with E-state index in [1.165, 1.54) is 44.5 Å². The number of rotatable bonds is 4. The first-order valence-electron chi connectivity index (χ1n) is 7.79. The highest BCUT2D eigenvalue weighted by Gasteiger charge is 2.16. The summed E-state index contributed by atoms with van der Waals surface area (Å²) in [5.74, 6) is 0.590. The minimum absolute atomic E-state index is 0.151. The third kappa shape index (κ3) is 3.09. The number of hydrogen-bond donors (Lipinski definition) is 1. The van der Waals surface area contributed by atoms with Crippen LogP contribution in [0.1, 0.15) is 38.1 Å². The molecule has 5 heteroatoms. The second-order valence-electron chi connectivity index (χ2n) is 5.95. The normalized spacial score (nSPS) is 18.2. The molecule has 114 valence electrons. The Kier molecular flexibility index (Phi) is 4.22. The van der Waals surface area contributed by atoms with Crippen LogP contribution in [0.25, 0.3) is 11.0 Å². The van der Waals surface area contributed by atoms with Gasteiger partial charge in [-0.3, -0.25) is 0 Å². The third-order valence-corrected chi connectivity index (χ3v) is 4.24. The molecule has 0 amide bonds. The molecule has 3 rings (SSSR count).